The van der Waals surface area contributed by atoms with Crippen molar-refractivity contribution >= 4 is 64.6 Å². The van der Waals surface area contributed by atoms with Gasteiger partial charge in [0.15, 0.2) is 23.0 Å². The number of aliphatic hydroxyl groups is 1. The van der Waals surface area contributed by atoms with Gasteiger partial charge in [-0.05, 0) is 158 Å². The Balaban J connectivity index is 1.10. The second-order valence-electron chi connectivity index (χ2n) is 26.1. The lowest BCUT2D eigenvalue weighted by Gasteiger charge is -2.32. The van der Waals surface area contributed by atoms with Gasteiger partial charge in [-0.25, -0.2) is 0 Å². The third kappa shape index (κ3) is 16.8. The highest BCUT2D eigenvalue weighted by Gasteiger charge is 2.42. The Kier molecular flexibility index (Phi) is 23.0. The fourth-order valence-corrected chi connectivity index (χ4v) is 13.3. The number of unbranched alkanes of at least 4 members (excludes halogenated alkanes) is 7. The molecule has 103 heavy (non-hydrogen) atoms. The molecule has 0 radical (unpaired) electrons. The molecule has 0 aliphatic carbocycles. The molecule has 0 unspecified atom stereocenters. The number of rotatable bonds is 16. The normalized spacial score (nSPS) is 20.3. The van der Waals surface area contributed by atoms with Crippen LogP contribution in [0, 0.1) is 0 Å². The van der Waals surface area contributed by atoms with Crippen LogP contribution in [-0.2, 0) is 46.5 Å². The molecule has 542 valence electrons. The number of fused-ring (bicyclic) bond motifs is 14. The number of phenols is 6. The summed E-state index contributed by atoms with van der Waals surface area (Å²) in [7, 11) is 3.79. The van der Waals surface area contributed by atoms with E-state index in [1.807, 2.05) is 19.0 Å². The van der Waals surface area contributed by atoms with Crippen LogP contribution in [0.25, 0.3) is 11.1 Å². The summed E-state index contributed by atoms with van der Waals surface area (Å²) in [6, 6.07) is 8.85. The molecule has 0 spiro atoms. The van der Waals surface area contributed by atoms with Gasteiger partial charge in [0.2, 0.25) is 47.1 Å². The molecule has 0 aromatic heterocycles. The van der Waals surface area contributed by atoms with E-state index in [1.165, 1.54) is 72.8 Å². The smallest absolute Gasteiger partial charge is 0.248 e. The van der Waals surface area contributed by atoms with Crippen LogP contribution in [0.15, 0.2) is 109 Å². The van der Waals surface area contributed by atoms with Gasteiger partial charge in [0.05, 0.1) is 15.6 Å². The van der Waals surface area contributed by atoms with E-state index in [0.717, 1.165) is 81.3 Å². The number of aromatic hydroxyl groups is 6. The van der Waals surface area contributed by atoms with Crippen LogP contribution in [0.3, 0.4) is 0 Å². The minimum atomic E-state index is -2.17. The summed E-state index contributed by atoms with van der Waals surface area (Å²) in [5, 5.41) is 106. The van der Waals surface area contributed by atoms with E-state index in [9.17, 15) is 45.3 Å². The van der Waals surface area contributed by atoms with Gasteiger partial charge in [-0.2, -0.15) is 0 Å². The van der Waals surface area contributed by atoms with Crippen molar-refractivity contribution in [2.45, 2.75) is 126 Å². The number of benzene rings is 7. The highest BCUT2D eigenvalue weighted by atomic mass is 35.5. The highest BCUT2D eigenvalue weighted by molar-refractivity contribution is 6.32. The number of hydrogen-bond donors (Lipinski definition) is 16. The van der Waals surface area contributed by atoms with Gasteiger partial charge < -0.3 is 103 Å². The van der Waals surface area contributed by atoms with E-state index in [-0.39, 0.29) is 103 Å². The van der Waals surface area contributed by atoms with Crippen molar-refractivity contribution in [3.8, 4) is 80.1 Å². The minimum absolute atomic E-state index is 0.102. The first-order valence-corrected chi connectivity index (χ1v) is 34.5. The lowest BCUT2D eigenvalue weighted by Crippen LogP contribution is -2.56. The first-order chi connectivity index (χ1) is 49.3. The van der Waals surface area contributed by atoms with Crippen LogP contribution >= 0.6 is 23.2 Å². The van der Waals surface area contributed by atoms with Crippen LogP contribution in [0.2, 0.25) is 10.0 Å². The number of halogens is 2. The molecule has 6 aliphatic heterocycles. The quantitative estimate of drug-likeness (QED) is 0.0405. The molecule has 13 rings (SSSR count). The molecule has 0 saturated heterocycles. The molecular formula is C74H80Cl2N10O17. The Bertz CT molecular complexity index is 4440. The Hall–Kier alpha value is -10.6. The molecule has 0 saturated carbocycles. The summed E-state index contributed by atoms with van der Waals surface area (Å²) >= 11 is 14.0. The van der Waals surface area contributed by atoms with Crippen LogP contribution < -0.4 is 62.5 Å². The topological polar surface area (TPSA) is 414 Å². The van der Waals surface area contributed by atoms with Crippen molar-refractivity contribution in [3.63, 3.8) is 0 Å². The predicted molar refractivity (Wildman–Crippen MR) is 378 cm³/mol. The minimum Gasteiger partial charge on any atom is -0.508 e. The number of nitrogens with zero attached hydrogens (tertiary/aromatic N) is 1. The van der Waals surface area contributed by atoms with Crippen molar-refractivity contribution in [3.05, 3.63) is 164 Å². The molecule has 6 aliphatic rings. The third-order valence-electron chi connectivity index (χ3n) is 18.3. The summed E-state index contributed by atoms with van der Waals surface area (Å²) in [5.74, 6) is -13.1. The van der Waals surface area contributed by atoms with E-state index >= 15 is 24.0 Å². The molecule has 7 amide bonds. The second-order valence-corrected chi connectivity index (χ2v) is 26.9. The van der Waals surface area contributed by atoms with Crippen molar-refractivity contribution in [1.29, 1.82) is 0 Å². The van der Waals surface area contributed by atoms with Crippen LogP contribution in [0.1, 0.15) is 146 Å². The zero-order chi connectivity index (χ0) is 73.5. The monoisotopic (exact) mass is 1450 g/mol. The number of amides is 7. The fourth-order valence-electron chi connectivity index (χ4n) is 12.8. The van der Waals surface area contributed by atoms with Gasteiger partial charge in [0.25, 0.3) is 0 Å². The van der Waals surface area contributed by atoms with E-state index in [1.54, 1.807) is 0 Å². The lowest BCUT2D eigenvalue weighted by atomic mass is 9.87. The average molecular weight is 1450 g/mol. The van der Waals surface area contributed by atoms with Crippen LogP contribution in [0.4, 0.5) is 0 Å². The van der Waals surface area contributed by atoms with Gasteiger partial charge in [-0.1, -0.05) is 99.3 Å². The van der Waals surface area contributed by atoms with Crippen molar-refractivity contribution in [1.82, 2.24) is 47.4 Å². The summed E-state index contributed by atoms with van der Waals surface area (Å²) in [4.78, 5) is 109. The Morgan fingerprint density at radius 3 is 1.83 bits per heavy atom. The fraction of sp³-hybridized carbons (Fsp3) is 0.338. The molecule has 8 atom stereocenters. The SMILES string of the molecule is CCCCCCCCCCNC(=O)[C@H]1NC(=O)[C@H]2NC(=O)[C@H](NC(=O)[C@@H]3NC(=O)[C@H]4NC(=O)[C@@H](Cc5ccc(c(Cl)c5)Oc5cc3cc(c5O)Oc3ccc(cc3Cl)[C@H]2O)NC(=O)[C@@H](N)c2ccc(O)c(c2)Oc2cc(O)cc4c2)c2ccc(O)c(c2)-c2c1cc(O)c(CNCCCN(C)C)c2O. The molecule has 6 heterocycles. The number of carbonyl (C=O) groups is 7. The number of aliphatic hydroxyl groups excluding tert-OH is 1. The molecule has 7 aromatic rings. The maximum Gasteiger partial charge on any atom is 0.248 e. The van der Waals surface area contributed by atoms with E-state index < -0.39 is 136 Å². The summed E-state index contributed by atoms with van der Waals surface area (Å²) in [6.07, 6.45) is 5.71. The standard InChI is InChI=1S/C74H80Cl2N10O17/c1-4-5-6-7-8-9-10-11-22-79-70(96)63-45-34-52(90)46(35-78-21-12-23-86(2)3)66(92)58(45)44-28-38(15-17-50(44)88)60-71(97)85-64(74(100)84-63)65(91)39-16-20-54(48(76)29-39)103-57-32-41-31-56(67(57)93)102-53-19-13-36(24-47(53)75)25-49-68(94)81-61(72(98)83-62(41)73(99)82-60)40-26-42(87)33-43(27-40)101-55-30-37(14-18-51(55)89)59(77)69(95)80-49/h13-20,24,26-34,49,59-65,78,87-93H,4-12,21-23,25,35,77H2,1-3H3,(H,79,96)(H,80,95)(H,81,94)(H,82,99)(H,83,98)(H,84,100)(H,85,97)/t49-,59+,60-,61+,62-,63+,64+,65-/m1/s1. The summed E-state index contributed by atoms with van der Waals surface area (Å²) < 4.78 is 18.7. The molecule has 27 nitrogen and oxygen atoms in total. The van der Waals surface area contributed by atoms with E-state index in [2.05, 4.69) is 49.5 Å². The van der Waals surface area contributed by atoms with Crippen molar-refractivity contribution < 1.29 is 83.5 Å². The number of ether oxygens (including phenoxy) is 3. The van der Waals surface area contributed by atoms with E-state index in [4.69, 9.17) is 43.1 Å². The first kappa shape index (κ1) is 73.7. The van der Waals surface area contributed by atoms with Crippen molar-refractivity contribution in [2.75, 3.05) is 33.7 Å². The van der Waals surface area contributed by atoms with Gasteiger partial charge in [0.1, 0.15) is 88.6 Å². The average Bonchev–Trinajstić information content (AvgIpc) is 0.755. The summed E-state index contributed by atoms with van der Waals surface area (Å²) in [6.45, 7) is 3.15. The number of phenolic OH excluding ortho intramolecular Hbond substituents is 6. The Labute approximate surface area is 602 Å². The molecule has 7 aromatic carbocycles. The molecule has 29 heteroatoms. The molecule has 17 bridgehead atoms. The van der Waals surface area contributed by atoms with Crippen LogP contribution in [-0.4, -0.2) is 128 Å². The number of nitrogens with two attached hydrogens (primary N) is 1. The number of hydrogen-bond acceptors (Lipinski definition) is 20. The van der Waals surface area contributed by atoms with Gasteiger partial charge in [-0.3, -0.25) is 33.6 Å². The Morgan fingerprint density at radius 2 is 1.15 bits per heavy atom. The maximum atomic E-state index is 16.1. The number of nitrogens with one attached hydrogen (secondary N) is 8. The Morgan fingerprint density at radius 1 is 0.544 bits per heavy atom. The largest absolute Gasteiger partial charge is 0.508 e. The molecule has 0 fully saturated rings. The first-order valence-electron chi connectivity index (χ1n) is 33.8. The second kappa shape index (κ2) is 32.2. The predicted octanol–water partition coefficient (Wildman–Crippen LogP) is 8.20. The maximum absolute atomic E-state index is 16.1. The summed E-state index contributed by atoms with van der Waals surface area (Å²) in [5.41, 5.74) is 5.09. The van der Waals surface area contributed by atoms with E-state index in [0.29, 0.717) is 31.5 Å². The number of carbonyl (C=O) groups excluding carboxylic acids is 7. The van der Waals surface area contributed by atoms with Crippen LogP contribution in [0.5, 0.6) is 69.0 Å². The van der Waals surface area contributed by atoms with Gasteiger partial charge in [-0.15, -0.1) is 0 Å². The van der Waals surface area contributed by atoms with Gasteiger partial charge >= 0.3 is 0 Å². The van der Waals surface area contributed by atoms with Crippen molar-refractivity contribution in [2.24, 2.45) is 5.73 Å². The zero-order valence-corrected chi connectivity index (χ0v) is 57.9. The molecular weight excluding hydrogens is 1370 g/mol. The van der Waals surface area contributed by atoms with Gasteiger partial charge in [0, 0.05) is 36.7 Å². The zero-order valence-electron chi connectivity index (χ0n) is 56.4. The third-order valence-corrected chi connectivity index (χ3v) is 18.9. The lowest BCUT2D eigenvalue weighted by molar-refractivity contribution is -0.137. The highest BCUT2D eigenvalue weighted by Crippen LogP contribution is 2.49. The molecule has 17 N–H and O–H groups in total.